The number of aliphatic hydroxyl groups is 5. The van der Waals surface area contributed by atoms with Gasteiger partial charge in [0.05, 0.1) is 54.7 Å². The molecule has 17 atom stereocenters. The highest BCUT2D eigenvalue weighted by molar-refractivity contribution is 7.89. The molecule has 2 saturated heterocycles. The molecule has 3 fully saturated rings. The number of carbonyl (C=O) groups excluding carboxylic acids is 6. The Bertz CT molecular complexity index is 3350. The van der Waals surface area contributed by atoms with Gasteiger partial charge in [-0.25, -0.2) is 13.2 Å². The first kappa shape index (κ1) is 79.8. The third kappa shape index (κ3) is 22.0. The summed E-state index contributed by atoms with van der Waals surface area (Å²) in [6.07, 6.45) is 2.14. The first-order chi connectivity index (χ1) is 47.1. The van der Waals surface area contributed by atoms with Crippen LogP contribution in [0.25, 0.3) is 0 Å². The summed E-state index contributed by atoms with van der Waals surface area (Å²) in [4.78, 5) is 88.3. The van der Waals surface area contributed by atoms with Crippen LogP contribution in [0.3, 0.4) is 0 Å². The van der Waals surface area contributed by atoms with Gasteiger partial charge in [-0.15, -0.1) is 0 Å². The highest BCUT2D eigenvalue weighted by Gasteiger charge is 2.56. The Kier molecular flexibility index (Phi) is 30.2. The second kappa shape index (κ2) is 37.4. The zero-order valence-corrected chi connectivity index (χ0v) is 60.1. The predicted molar refractivity (Wildman–Crippen MR) is 373 cm³/mol. The molecule has 7 rings (SSSR count). The predicted octanol–water partition coefficient (Wildman–Crippen LogP) is 7.31. The summed E-state index contributed by atoms with van der Waals surface area (Å²) in [6.45, 7) is 12.2. The van der Waals surface area contributed by atoms with E-state index in [2.05, 4.69) is 10.6 Å². The average molecular weight is 1400 g/mol. The number of ketones is 2. The Balaban J connectivity index is 1.13. The maximum absolute atomic E-state index is 14.8. The normalized spacial score (nSPS) is 29.7. The molecule has 3 amide bonds. The van der Waals surface area contributed by atoms with Crippen LogP contribution in [0, 0.1) is 35.5 Å². The van der Waals surface area contributed by atoms with Crippen molar-refractivity contribution in [1.82, 2.24) is 19.8 Å². The number of carbonyl (C=O) groups is 6. The number of piperidine rings is 1. The molecule has 2 bridgehead atoms. The van der Waals surface area contributed by atoms with Gasteiger partial charge in [0.25, 0.3) is 11.7 Å². The fourth-order valence-corrected chi connectivity index (χ4v) is 15.9. The van der Waals surface area contributed by atoms with Gasteiger partial charge >= 0.3 is 5.97 Å². The third-order valence-corrected chi connectivity index (χ3v) is 21.8. The van der Waals surface area contributed by atoms with E-state index in [0.717, 1.165) is 21.6 Å². The number of nitrogens with zero attached hydrogens (tertiary/aromatic N) is 2. The lowest BCUT2D eigenvalue weighted by Gasteiger charge is -2.46. The Morgan fingerprint density at radius 3 is 2.08 bits per heavy atom. The topological polar surface area (TPSA) is 314 Å². The second-order valence-corrected chi connectivity index (χ2v) is 30.3. The molecule has 0 radical (unpaired) electrons. The molecule has 1 saturated carbocycles. The smallest absolute Gasteiger partial charge is 0.329 e. The number of hydrogen-bond donors (Lipinski definition) is 7. The van der Waals surface area contributed by atoms with E-state index in [0.29, 0.717) is 49.8 Å². The molecule has 3 heterocycles. The van der Waals surface area contributed by atoms with Crippen molar-refractivity contribution in [2.75, 3.05) is 41.0 Å². The largest absolute Gasteiger partial charge is 0.497 e. The Morgan fingerprint density at radius 2 is 1.44 bits per heavy atom. The van der Waals surface area contributed by atoms with E-state index in [1.165, 1.54) is 37.8 Å². The number of hydrogen-bond acceptors (Lipinski definition) is 18. The lowest BCUT2D eigenvalue weighted by atomic mass is 9.81. The first-order valence-corrected chi connectivity index (χ1v) is 36.6. The van der Waals surface area contributed by atoms with Crippen LogP contribution in [0.4, 0.5) is 0 Å². The molecule has 3 aromatic carbocycles. The van der Waals surface area contributed by atoms with Gasteiger partial charge in [-0.2, -0.15) is 4.31 Å². The monoisotopic (exact) mass is 1400 g/mol. The van der Waals surface area contributed by atoms with Crippen LogP contribution in [-0.4, -0.2) is 192 Å². The number of nitrogens with one attached hydrogen (secondary N) is 2. The number of ether oxygens (including phenoxy) is 5. The number of aliphatic hydroxyl groups excluding tert-OH is 4. The number of methoxy groups -OCH3 is 3. The van der Waals surface area contributed by atoms with E-state index in [1.54, 1.807) is 45.1 Å². The van der Waals surface area contributed by atoms with Gasteiger partial charge in [-0.1, -0.05) is 125 Å². The quantitative estimate of drug-likeness (QED) is 0.0263. The molecule has 0 aromatic heterocycles. The van der Waals surface area contributed by atoms with Crippen LogP contribution >= 0.6 is 0 Å². The van der Waals surface area contributed by atoms with Crippen molar-refractivity contribution < 1.29 is 86.4 Å². The van der Waals surface area contributed by atoms with Crippen molar-refractivity contribution >= 4 is 45.3 Å². The minimum absolute atomic E-state index is 0.00756. The van der Waals surface area contributed by atoms with Crippen LogP contribution in [0.15, 0.2) is 125 Å². The van der Waals surface area contributed by atoms with Gasteiger partial charge in [0.15, 0.2) is 0 Å². The summed E-state index contributed by atoms with van der Waals surface area (Å²) < 4.78 is 58.8. The minimum atomic E-state index is -4.15. The number of amides is 3. The number of benzene rings is 3. The number of esters is 1. The molecule has 23 heteroatoms. The van der Waals surface area contributed by atoms with Crippen LogP contribution in [0.5, 0.6) is 5.75 Å². The maximum atomic E-state index is 14.8. The molecule has 3 aromatic rings. The second-order valence-electron chi connectivity index (χ2n) is 28.4. The number of rotatable bonds is 24. The van der Waals surface area contributed by atoms with Gasteiger partial charge in [-0.3, -0.25) is 24.0 Å². The van der Waals surface area contributed by atoms with E-state index >= 15 is 0 Å². The van der Waals surface area contributed by atoms with Crippen molar-refractivity contribution in [3.8, 4) is 5.75 Å². The van der Waals surface area contributed by atoms with Gasteiger partial charge < -0.3 is 64.8 Å². The van der Waals surface area contributed by atoms with Gasteiger partial charge in [0.1, 0.15) is 35.8 Å². The third-order valence-electron chi connectivity index (χ3n) is 19.9. The van der Waals surface area contributed by atoms with Crippen molar-refractivity contribution in [3.05, 3.63) is 132 Å². The average Bonchev–Trinajstić information content (AvgIpc) is 0.826. The van der Waals surface area contributed by atoms with Crippen LogP contribution in [-0.2, 0) is 70.6 Å². The molecular formula is C76H108N4O18S. The summed E-state index contributed by atoms with van der Waals surface area (Å²) in [5.41, 5.74) is 2.84. The van der Waals surface area contributed by atoms with E-state index in [1.807, 2.05) is 101 Å². The first-order valence-electron chi connectivity index (χ1n) is 35.2. The summed E-state index contributed by atoms with van der Waals surface area (Å²) >= 11 is 0. The van der Waals surface area contributed by atoms with Crippen molar-refractivity contribution in [3.63, 3.8) is 0 Å². The molecule has 22 nitrogen and oxygen atoms in total. The lowest BCUT2D eigenvalue weighted by molar-refractivity contribution is -0.301. The number of cyclic esters (lactones) is 1. The zero-order chi connectivity index (χ0) is 72.3. The maximum Gasteiger partial charge on any atom is 0.329 e. The zero-order valence-electron chi connectivity index (χ0n) is 59.3. The molecule has 546 valence electrons. The summed E-state index contributed by atoms with van der Waals surface area (Å²) in [5.74, 6) is -10.1. The Morgan fingerprint density at radius 1 is 0.788 bits per heavy atom. The molecule has 1 aliphatic carbocycles. The molecule has 4 aliphatic rings. The number of allylic oxidation sites excluding steroid dienone is 5. The highest BCUT2D eigenvalue weighted by Crippen LogP contribution is 2.39. The van der Waals surface area contributed by atoms with E-state index in [-0.39, 0.29) is 106 Å². The van der Waals surface area contributed by atoms with Gasteiger partial charge in [0, 0.05) is 70.9 Å². The SMILES string of the molecule is COc1ccc(S(=O)(=O)N(CC(C)C)C[C@@H](O)[C@H](Cc2ccccc2)NC(=O)C(Cc2ccccc2)NC(=O)CC/C=C/C[C@@H]2/C=C(\C)C[C@H](C)C[C@H](O)[C@H]3O[C@@](O)(C(=O)C(=O)N4CCCC[C@H]4C(=O)O[C@H](/C(C)=C/[C@@H]4CC[C@@H](O)[C@H](OC)C4)[C@H](C)[C@@H](O)CC2=O)[C@H](C)C[C@@H]3OC)cc1. The standard InChI is InChI=1S/C76H108N4O18S/c1-47(2)45-79(99(92,93)58-32-30-57(94-8)31-33-58)46-66(85)59(41-53-22-14-11-15-23-53)78-73(88)60(42-54-24-16-12-17-25-54)77-69(86)28-19-13-18-26-56-37-48(3)36-49(4)38-65(84)71-68(96-10)40-51(6)76(91,98-71)72(87)74(89)80-35-21-20-27-61(80)75(90)97-70(52(7)63(82)44-64(56)83)50(5)39-55-29-34-62(81)67(43-55)95-9/h11-18,22-25,30-33,37,39,47,49,51-52,55-56,59-63,65-68,70-71,81-82,84-85,91H,19-21,26-29,34-36,38,40-46H2,1-10H3,(H,77,86)(H,78,88)/b18-13+,48-37+,50-39+/t49-,51+,52+,55-,56+,59-,60?,61-,62+,63-,65-,66+,67+,68-,70+,71+,76+/m0/s1. The lowest BCUT2D eigenvalue weighted by Crippen LogP contribution is -2.64. The van der Waals surface area contributed by atoms with Crippen molar-refractivity contribution in [2.24, 2.45) is 35.5 Å². The van der Waals surface area contributed by atoms with Crippen molar-refractivity contribution in [2.45, 2.75) is 222 Å². The molecule has 0 spiro atoms. The molecular weight excluding hydrogens is 1290 g/mol. The van der Waals surface area contributed by atoms with Gasteiger partial charge in [-0.05, 0) is 150 Å². The van der Waals surface area contributed by atoms with Crippen LogP contribution < -0.4 is 15.4 Å². The van der Waals surface area contributed by atoms with E-state index in [4.69, 9.17) is 23.7 Å². The molecule has 3 aliphatic heterocycles. The van der Waals surface area contributed by atoms with Gasteiger partial charge in [0.2, 0.25) is 27.6 Å². The van der Waals surface area contributed by atoms with Crippen molar-refractivity contribution in [1.29, 1.82) is 0 Å². The van der Waals surface area contributed by atoms with Crippen LogP contribution in [0.1, 0.15) is 143 Å². The Labute approximate surface area is 585 Å². The number of fused-ring (bicyclic) bond motifs is 3. The Hall–Kier alpha value is -6.51. The number of sulfonamides is 1. The fraction of sp³-hybridized carbons (Fsp3) is 0.605. The van der Waals surface area contributed by atoms with E-state index in [9.17, 15) is 62.7 Å². The molecule has 1 unspecified atom stereocenters. The summed E-state index contributed by atoms with van der Waals surface area (Å²) in [6, 6.07) is 20.8. The molecule has 7 N–H and O–H groups in total. The van der Waals surface area contributed by atoms with E-state index < -0.39 is 130 Å². The molecule has 99 heavy (non-hydrogen) atoms. The minimum Gasteiger partial charge on any atom is -0.497 e. The number of Topliss-reactive ketones (excluding diaryl/α,β-unsaturated/α-hetero) is 2. The fourth-order valence-electron chi connectivity index (χ4n) is 14.3. The summed E-state index contributed by atoms with van der Waals surface area (Å²) in [5, 5.41) is 65.0. The van der Waals surface area contributed by atoms with Crippen LogP contribution in [0.2, 0.25) is 0 Å². The summed E-state index contributed by atoms with van der Waals surface area (Å²) in [7, 11) is 0.293. The highest BCUT2D eigenvalue weighted by atomic mass is 32.2.